The zero-order valence-corrected chi connectivity index (χ0v) is 13.4. The first-order valence-corrected chi connectivity index (χ1v) is 7.51. The highest BCUT2D eigenvalue weighted by molar-refractivity contribution is 14.1. The Kier molecular flexibility index (Phi) is 5.22. The topological polar surface area (TPSA) is 66.8 Å². The summed E-state index contributed by atoms with van der Waals surface area (Å²) in [4.78, 5) is 24.7. The largest absolute Gasteiger partial charge is 0.481 e. The van der Waals surface area contributed by atoms with Gasteiger partial charge in [-0.15, -0.1) is 0 Å². The number of hydrogen-bond acceptors (Lipinski definition) is 3. The van der Waals surface area contributed by atoms with Crippen molar-refractivity contribution in [1.29, 1.82) is 0 Å². The Morgan fingerprint density at radius 2 is 2.25 bits per heavy atom. The zero-order valence-electron chi connectivity index (χ0n) is 10.5. The average molecular weight is 410 g/mol. The molecular formula is C13H13ClINO4. The van der Waals surface area contributed by atoms with Gasteiger partial charge in [-0.2, -0.15) is 0 Å². The molecule has 1 atom stereocenters. The number of benzene rings is 1. The molecule has 1 aromatic rings. The van der Waals surface area contributed by atoms with Crippen molar-refractivity contribution >= 4 is 46.1 Å². The number of halogens is 2. The van der Waals surface area contributed by atoms with Crippen molar-refractivity contribution in [1.82, 2.24) is 4.90 Å². The Balaban J connectivity index is 2.08. The summed E-state index contributed by atoms with van der Waals surface area (Å²) in [6, 6.07) is 5.14. The van der Waals surface area contributed by atoms with Crippen LogP contribution < -0.4 is 0 Å². The molecule has 1 aliphatic rings. The molecule has 1 heterocycles. The van der Waals surface area contributed by atoms with Crippen LogP contribution in [0.25, 0.3) is 0 Å². The van der Waals surface area contributed by atoms with E-state index in [9.17, 15) is 9.59 Å². The molecule has 0 radical (unpaired) electrons. The van der Waals surface area contributed by atoms with E-state index >= 15 is 0 Å². The van der Waals surface area contributed by atoms with Crippen molar-refractivity contribution in [3.8, 4) is 0 Å². The summed E-state index contributed by atoms with van der Waals surface area (Å²) in [5.74, 6) is -1.08. The van der Waals surface area contributed by atoms with E-state index in [1.807, 2.05) is 0 Å². The molecular weight excluding hydrogens is 397 g/mol. The van der Waals surface area contributed by atoms with Gasteiger partial charge in [-0.25, -0.2) is 0 Å². The molecule has 5 nitrogen and oxygen atoms in total. The van der Waals surface area contributed by atoms with Gasteiger partial charge in [0.05, 0.1) is 24.2 Å². The second kappa shape index (κ2) is 6.73. The van der Waals surface area contributed by atoms with Crippen LogP contribution in [0.4, 0.5) is 0 Å². The Morgan fingerprint density at radius 1 is 1.50 bits per heavy atom. The first-order valence-electron chi connectivity index (χ1n) is 6.05. The lowest BCUT2D eigenvalue weighted by Crippen LogP contribution is -2.46. The molecule has 1 aliphatic heterocycles. The SMILES string of the molecule is O=C(O)CC1CN(C(=O)c2ccc(I)c(Cl)c2)CCO1. The Bertz CT molecular complexity index is 537. The normalized spacial score (nSPS) is 18.9. The summed E-state index contributed by atoms with van der Waals surface area (Å²) in [6.45, 7) is 1.09. The van der Waals surface area contributed by atoms with E-state index in [4.69, 9.17) is 21.4 Å². The minimum Gasteiger partial charge on any atom is -0.481 e. The Hall–Kier alpha value is -0.860. The number of carbonyl (C=O) groups is 2. The minimum absolute atomic E-state index is 0.1000. The van der Waals surface area contributed by atoms with Crippen LogP contribution in [0.5, 0.6) is 0 Å². The summed E-state index contributed by atoms with van der Waals surface area (Å²) in [5, 5.41) is 9.31. The maximum atomic E-state index is 12.4. The monoisotopic (exact) mass is 409 g/mol. The first kappa shape index (κ1) is 15.5. The van der Waals surface area contributed by atoms with E-state index in [0.29, 0.717) is 23.7 Å². The van der Waals surface area contributed by atoms with Gasteiger partial charge in [0.1, 0.15) is 0 Å². The third kappa shape index (κ3) is 3.83. The summed E-state index contributed by atoms with van der Waals surface area (Å²) < 4.78 is 6.23. The molecule has 1 N–H and O–H groups in total. The van der Waals surface area contributed by atoms with Crippen LogP contribution in [0.1, 0.15) is 16.8 Å². The van der Waals surface area contributed by atoms with Crippen molar-refractivity contribution < 1.29 is 19.4 Å². The number of amides is 1. The van der Waals surface area contributed by atoms with Crippen LogP contribution in [0.2, 0.25) is 5.02 Å². The minimum atomic E-state index is -0.929. The smallest absolute Gasteiger partial charge is 0.306 e. The van der Waals surface area contributed by atoms with Gasteiger partial charge in [0.25, 0.3) is 5.91 Å². The fourth-order valence-electron chi connectivity index (χ4n) is 2.03. The number of hydrogen-bond donors (Lipinski definition) is 1. The number of carboxylic acids is 1. The lowest BCUT2D eigenvalue weighted by Gasteiger charge is -2.32. The van der Waals surface area contributed by atoms with Gasteiger partial charge >= 0.3 is 5.97 Å². The number of ether oxygens (including phenoxy) is 1. The molecule has 1 unspecified atom stereocenters. The van der Waals surface area contributed by atoms with Crippen LogP contribution >= 0.6 is 34.2 Å². The molecule has 0 aliphatic carbocycles. The van der Waals surface area contributed by atoms with Crippen LogP contribution in [0.15, 0.2) is 18.2 Å². The molecule has 0 saturated carbocycles. The third-order valence-corrected chi connectivity index (χ3v) is 4.57. The molecule has 20 heavy (non-hydrogen) atoms. The maximum Gasteiger partial charge on any atom is 0.306 e. The van der Waals surface area contributed by atoms with Gasteiger partial charge in [-0.1, -0.05) is 11.6 Å². The lowest BCUT2D eigenvalue weighted by atomic mass is 10.1. The maximum absolute atomic E-state index is 12.4. The van der Waals surface area contributed by atoms with Crippen molar-refractivity contribution in [2.24, 2.45) is 0 Å². The second-order valence-corrected chi connectivity index (χ2v) is 6.04. The van der Waals surface area contributed by atoms with E-state index in [1.54, 1.807) is 23.1 Å². The number of morpholine rings is 1. The second-order valence-electron chi connectivity index (χ2n) is 4.47. The summed E-state index contributed by atoms with van der Waals surface area (Å²) in [5.41, 5.74) is 0.506. The van der Waals surface area contributed by atoms with Gasteiger partial charge in [0.2, 0.25) is 0 Å². The van der Waals surface area contributed by atoms with Gasteiger partial charge < -0.3 is 14.7 Å². The van der Waals surface area contributed by atoms with Gasteiger partial charge in [0, 0.05) is 22.2 Å². The molecule has 1 aromatic carbocycles. The summed E-state index contributed by atoms with van der Waals surface area (Å²) in [7, 11) is 0. The zero-order chi connectivity index (χ0) is 14.7. The molecule has 1 amide bonds. The van der Waals surface area contributed by atoms with Gasteiger partial charge in [0.15, 0.2) is 0 Å². The highest BCUT2D eigenvalue weighted by Crippen LogP contribution is 2.21. The summed E-state index contributed by atoms with van der Waals surface area (Å²) >= 11 is 8.11. The lowest BCUT2D eigenvalue weighted by molar-refractivity contribution is -0.141. The van der Waals surface area contributed by atoms with E-state index < -0.39 is 12.1 Å². The Morgan fingerprint density at radius 3 is 2.90 bits per heavy atom. The number of carbonyl (C=O) groups excluding carboxylic acids is 1. The molecule has 108 valence electrons. The predicted molar refractivity (Wildman–Crippen MR) is 82.1 cm³/mol. The molecule has 2 rings (SSSR count). The van der Waals surface area contributed by atoms with Crippen LogP contribution in [-0.4, -0.2) is 47.7 Å². The Labute approximate surface area is 135 Å². The molecule has 1 fully saturated rings. The standard InChI is InChI=1S/C13H13ClINO4/c14-10-5-8(1-2-11(10)15)13(19)16-3-4-20-9(7-16)6-12(17)18/h1-2,5,9H,3-4,6-7H2,(H,17,18). The van der Waals surface area contributed by atoms with Crippen molar-refractivity contribution in [3.63, 3.8) is 0 Å². The molecule has 0 aromatic heterocycles. The molecule has 0 bridgehead atoms. The fraction of sp³-hybridized carbons (Fsp3) is 0.385. The fourth-order valence-corrected chi connectivity index (χ4v) is 2.55. The average Bonchev–Trinajstić information content (AvgIpc) is 2.40. The number of nitrogens with zero attached hydrogens (tertiary/aromatic N) is 1. The van der Waals surface area contributed by atoms with E-state index in [-0.39, 0.29) is 18.9 Å². The highest BCUT2D eigenvalue weighted by Gasteiger charge is 2.26. The van der Waals surface area contributed by atoms with Crippen molar-refractivity contribution in [2.75, 3.05) is 19.7 Å². The number of aliphatic carboxylic acids is 1. The molecule has 1 saturated heterocycles. The predicted octanol–water partition coefficient (Wildman–Crippen LogP) is 2.26. The van der Waals surface area contributed by atoms with E-state index in [0.717, 1.165) is 3.57 Å². The van der Waals surface area contributed by atoms with Gasteiger partial charge in [-0.3, -0.25) is 9.59 Å². The van der Waals surface area contributed by atoms with Gasteiger partial charge in [-0.05, 0) is 40.8 Å². The van der Waals surface area contributed by atoms with E-state index in [2.05, 4.69) is 22.6 Å². The third-order valence-electron chi connectivity index (χ3n) is 2.99. The van der Waals surface area contributed by atoms with Crippen LogP contribution in [0, 0.1) is 3.57 Å². The highest BCUT2D eigenvalue weighted by atomic mass is 127. The first-order chi connectivity index (χ1) is 9.47. The molecule has 0 spiro atoms. The van der Waals surface area contributed by atoms with Crippen LogP contribution in [0.3, 0.4) is 0 Å². The molecule has 7 heteroatoms. The van der Waals surface area contributed by atoms with Crippen LogP contribution in [-0.2, 0) is 9.53 Å². The quantitative estimate of drug-likeness (QED) is 0.778. The number of rotatable bonds is 3. The number of carboxylic acid groups (broad SMARTS) is 1. The summed E-state index contributed by atoms with van der Waals surface area (Å²) in [6.07, 6.45) is -0.554. The van der Waals surface area contributed by atoms with Crippen molar-refractivity contribution in [2.45, 2.75) is 12.5 Å². The van der Waals surface area contributed by atoms with Crippen molar-refractivity contribution in [3.05, 3.63) is 32.4 Å². The van der Waals surface area contributed by atoms with E-state index in [1.165, 1.54) is 0 Å².